The Bertz CT molecular complexity index is 623. The number of carbonyl (C=O) groups excluding carboxylic acids is 1. The lowest BCUT2D eigenvalue weighted by molar-refractivity contribution is -0.137. The minimum atomic E-state index is -0.232. The number of hydrogen-bond donors (Lipinski definition) is 0. The number of hydrogen-bond acceptors (Lipinski definition) is 2. The summed E-state index contributed by atoms with van der Waals surface area (Å²) in [5, 5.41) is 0. The topological polar surface area (TPSA) is 26.3 Å². The molecule has 0 saturated heterocycles. The lowest BCUT2D eigenvalue weighted by Crippen LogP contribution is -2.00. The largest absolute Gasteiger partial charge is 0.463 e. The van der Waals surface area contributed by atoms with Gasteiger partial charge in [0, 0.05) is 6.08 Å². The first kappa shape index (κ1) is 27.2. The van der Waals surface area contributed by atoms with Gasteiger partial charge in [-0.3, -0.25) is 0 Å². The Labute approximate surface area is 180 Å². The molecule has 0 aromatic heterocycles. The molecule has 0 aliphatic carbocycles. The zero-order valence-corrected chi connectivity index (χ0v) is 20.1. The molecule has 0 fully saturated rings. The minimum absolute atomic E-state index is 0.232. The third kappa shape index (κ3) is 18.0. The predicted molar refractivity (Wildman–Crippen MR) is 128 cm³/mol. The van der Waals surface area contributed by atoms with E-state index in [0.717, 1.165) is 50.5 Å². The van der Waals surface area contributed by atoms with Crippen LogP contribution in [-0.4, -0.2) is 12.6 Å². The molecule has 0 heterocycles. The molecule has 0 aromatic carbocycles. The van der Waals surface area contributed by atoms with Crippen molar-refractivity contribution < 1.29 is 9.53 Å². The summed E-state index contributed by atoms with van der Waals surface area (Å²) in [5.41, 5.74) is 6.89. The van der Waals surface area contributed by atoms with E-state index in [-0.39, 0.29) is 5.97 Å². The van der Waals surface area contributed by atoms with Gasteiger partial charge in [0.2, 0.25) is 0 Å². The van der Waals surface area contributed by atoms with Crippen LogP contribution >= 0.6 is 0 Å². The second kappa shape index (κ2) is 17.1. The summed E-state index contributed by atoms with van der Waals surface area (Å²) >= 11 is 0. The summed E-state index contributed by atoms with van der Waals surface area (Å²) in [6.07, 6.45) is 19.7. The monoisotopic (exact) mass is 400 g/mol. The summed E-state index contributed by atoms with van der Waals surface area (Å²) in [4.78, 5) is 11.4. The van der Waals surface area contributed by atoms with E-state index >= 15 is 0 Å². The Kier molecular flexibility index (Phi) is 16.0. The van der Waals surface area contributed by atoms with Crippen molar-refractivity contribution in [3.63, 3.8) is 0 Å². The maximum absolute atomic E-state index is 11.4. The third-order valence-electron chi connectivity index (χ3n) is 4.84. The standard InChI is InChI=1S/C27H44O2/c1-8-29-27(28)21-26(7)20-12-19-25(6)18-11-17-24(5)16-10-15-23(4)14-9-13-22(2)3/h13,15,17,19,21H,8-12,14,16,18,20H2,1-7H3/b23-15+,24-17+,25-19+,26-21+. The molecule has 0 radical (unpaired) electrons. The highest BCUT2D eigenvalue weighted by Gasteiger charge is 1.98. The van der Waals surface area contributed by atoms with Crippen molar-refractivity contribution in [1.29, 1.82) is 0 Å². The van der Waals surface area contributed by atoms with Gasteiger partial charge < -0.3 is 4.74 Å². The molecule has 0 aliphatic rings. The number of allylic oxidation sites excluding steroid dienone is 9. The Hall–Kier alpha value is -1.83. The van der Waals surface area contributed by atoms with Crippen LogP contribution in [0.15, 0.2) is 58.2 Å². The quantitative estimate of drug-likeness (QED) is 0.166. The summed E-state index contributed by atoms with van der Waals surface area (Å²) < 4.78 is 4.94. The molecule has 0 rings (SSSR count). The van der Waals surface area contributed by atoms with Crippen LogP contribution in [0.4, 0.5) is 0 Å². The van der Waals surface area contributed by atoms with Crippen LogP contribution in [0.25, 0.3) is 0 Å². The Morgan fingerprint density at radius 1 is 0.621 bits per heavy atom. The highest BCUT2D eigenvalue weighted by atomic mass is 16.5. The molecule has 0 N–H and O–H groups in total. The van der Waals surface area contributed by atoms with Crippen LogP contribution in [-0.2, 0) is 9.53 Å². The summed E-state index contributed by atoms with van der Waals surface area (Å²) in [6, 6.07) is 0. The van der Waals surface area contributed by atoms with E-state index in [1.165, 1.54) is 28.7 Å². The first-order valence-corrected chi connectivity index (χ1v) is 11.2. The van der Waals surface area contributed by atoms with Crippen LogP contribution in [0.2, 0.25) is 0 Å². The fourth-order valence-corrected chi connectivity index (χ4v) is 2.99. The van der Waals surface area contributed by atoms with E-state index in [1.54, 1.807) is 6.08 Å². The number of ether oxygens (including phenoxy) is 1. The van der Waals surface area contributed by atoms with Crippen LogP contribution < -0.4 is 0 Å². The van der Waals surface area contributed by atoms with E-state index < -0.39 is 0 Å². The summed E-state index contributed by atoms with van der Waals surface area (Å²) in [5.74, 6) is -0.232. The van der Waals surface area contributed by atoms with Crippen LogP contribution in [0.5, 0.6) is 0 Å². The molecule has 2 nitrogen and oxygen atoms in total. The molecule has 0 bridgehead atoms. The van der Waals surface area contributed by atoms with E-state index in [0.29, 0.717) is 6.61 Å². The molecular formula is C27H44O2. The van der Waals surface area contributed by atoms with Gasteiger partial charge in [0.05, 0.1) is 6.61 Å². The fraction of sp³-hybridized carbons (Fsp3) is 0.593. The molecular weight excluding hydrogens is 356 g/mol. The molecule has 2 heteroatoms. The maximum atomic E-state index is 11.4. The molecule has 164 valence electrons. The van der Waals surface area contributed by atoms with Crippen molar-refractivity contribution in [3.8, 4) is 0 Å². The highest BCUT2D eigenvalue weighted by Crippen LogP contribution is 2.14. The van der Waals surface area contributed by atoms with E-state index in [9.17, 15) is 4.79 Å². The van der Waals surface area contributed by atoms with Gasteiger partial charge in [0.15, 0.2) is 0 Å². The lowest BCUT2D eigenvalue weighted by atomic mass is 10.0. The number of rotatable bonds is 14. The van der Waals surface area contributed by atoms with Crippen molar-refractivity contribution in [2.75, 3.05) is 6.61 Å². The SMILES string of the molecule is CCOC(=O)/C=C(\C)CC/C=C(\C)CC/C=C(\C)CC/C=C(\C)CCC=C(C)C. The van der Waals surface area contributed by atoms with Gasteiger partial charge in [-0.1, -0.05) is 52.2 Å². The Balaban J connectivity index is 4.12. The van der Waals surface area contributed by atoms with Crippen molar-refractivity contribution in [2.45, 2.75) is 99.8 Å². The Morgan fingerprint density at radius 2 is 1.00 bits per heavy atom. The van der Waals surface area contributed by atoms with Crippen molar-refractivity contribution in [3.05, 3.63) is 58.2 Å². The second-order valence-electron chi connectivity index (χ2n) is 8.33. The Morgan fingerprint density at radius 3 is 1.38 bits per heavy atom. The molecule has 0 unspecified atom stereocenters. The summed E-state index contributed by atoms with van der Waals surface area (Å²) in [6.45, 7) is 15.3. The second-order valence-corrected chi connectivity index (χ2v) is 8.33. The van der Waals surface area contributed by atoms with Gasteiger partial charge in [-0.25, -0.2) is 4.79 Å². The predicted octanol–water partition coefficient (Wildman–Crippen LogP) is 8.42. The smallest absolute Gasteiger partial charge is 0.330 e. The van der Waals surface area contributed by atoms with E-state index in [2.05, 4.69) is 58.9 Å². The van der Waals surface area contributed by atoms with E-state index in [1.807, 2.05) is 13.8 Å². The first-order valence-electron chi connectivity index (χ1n) is 11.2. The maximum Gasteiger partial charge on any atom is 0.330 e. The van der Waals surface area contributed by atoms with Gasteiger partial charge in [-0.2, -0.15) is 0 Å². The normalized spacial score (nSPS) is 13.5. The van der Waals surface area contributed by atoms with Gasteiger partial charge in [0.1, 0.15) is 0 Å². The lowest BCUT2D eigenvalue weighted by Gasteiger charge is -2.03. The van der Waals surface area contributed by atoms with Gasteiger partial charge in [0.25, 0.3) is 0 Å². The third-order valence-corrected chi connectivity index (χ3v) is 4.84. The average molecular weight is 401 g/mol. The zero-order chi connectivity index (χ0) is 22.1. The molecule has 29 heavy (non-hydrogen) atoms. The van der Waals surface area contributed by atoms with Crippen molar-refractivity contribution in [2.24, 2.45) is 0 Å². The zero-order valence-electron chi connectivity index (χ0n) is 20.1. The summed E-state index contributed by atoms with van der Waals surface area (Å²) in [7, 11) is 0. The van der Waals surface area contributed by atoms with Crippen molar-refractivity contribution >= 4 is 5.97 Å². The van der Waals surface area contributed by atoms with Crippen LogP contribution in [0.1, 0.15) is 99.8 Å². The van der Waals surface area contributed by atoms with Crippen molar-refractivity contribution in [1.82, 2.24) is 0 Å². The fourth-order valence-electron chi connectivity index (χ4n) is 2.99. The van der Waals surface area contributed by atoms with Gasteiger partial charge in [-0.05, 0) is 99.8 Å². The van der Waals surface area contributed by atoms with Gasteiger partial charge >= 0.3 is 5.97 Å². The first-order chi connectivity index (χ1) is 13.7. The number of carbonyl (C=O) groups is 1. The van der Waals surface area contributed by atoms with Gasteiger partial charge in [-0.15, -0.1) is 0 Å². The molecule has 0 atom stereocenters. The molecule has 0 amide bonds. The highest BCUT2D eigenvalue weighted by molar-refractivity contribution is 5.82. The van der Waals surface area contributed by atoms with E-state index in [4.69, 9.17) is 4.74 Å². The molecule has 0 aromatic rings. The molecule has 0 aliphatic heterocycles. The molecule has 0 saturated carbocycles. The average Bonchev–Trinajstić information content (AvgIpc) is 2.61. The van der Waals surface area contributed by atoms with Crippen LogP contribution in [0, 0.1) is 0 Å². The molecule has 0 spiro atoms. The van der Waals surface area contributed by atoms with Crippen LogP contribution in [0.3, 0.4) is 0 Å². The minimum Gasteiger partial charge on any atom is -0.463 e. The number of esters is 1.